The molecule has 14 rings (SSSR count). The maximum absolute atomic E-state index is 5.33. The minimum absolute atomic E-state index is 0.0398. The summed E-state index contributed by atoms with van der Waals surface area (Å²) in [6.07, 6.45) is 16.7. The third kappa shape index (κ3) is 4.13. The molecule has 10 aromatic rings. The standard InChI is InChI=1S/C51H33BN8/c1-4-13-30(14-5-1)35-29-39-42(45-33(35)17-8-3-10-23-54-45)34-18-12-19-36-48(34)59(39)40-27-31(38-20-9-11-22-53-38)28-41-44(40)52(36)37-21-24-55-46-43-47-50(57-26-25-56-47)58(32-15-6-2-7-16-32)51(43)60(41)49(37)46/h1-7,9-16,18-28,35H,8,17,29H2. The van der Waals surface area contributed by atoms with E-state index in [0.29, 0.717) is 0 Å². The van der Waals surface area contributed by atoms with Gasteiger partial charge in [-0.05, 0) is 95.3 Å². The molecule has 0 radical (unpaired) electrons. The summed E-state index contributed by atoms with van der Waals surface area (Å²) in [6.45, 7) is -0.0398. The lowest BCUT2D eigenvalue weighted by atomic mass is 9.34. The van der Waals surface area contributed by atoms with Crippen LogP contribution < -0.4 is 16.4 Å². The Bertz CT molecular complexity index is 3580. The van der Waals surface area contributed by atoms with Gasteiger partial charge in [0.1, 0.15) is 11.2 Å². The zero-order valence-corrected chi connectivity index (χ0v) is 32.4. The highest BCUT2D eigenvalue weighted by Gasteiger charge is 2.44. The van der Waals surface area contributed by atoms with Gasteiger partial charge in [-0.25, -0.2) is 4.98 Å². The van der Waals surface area contributed by atoms with Crippen molar-refractivity contribution in [2.24, 2.45) is 4.99 Å². The van der Waals surface area contributed by atoms with Crippen LogP contribution in [-0.4, -0.2) is 46.6 Å². The first-order valence-electron chi connectivity index (χ1n) is 20.8. The van der Waals surface area contributed by atoms with Crippen molar-refractivity contribution < 1.29 is 0 Å². The van der Waals surface area contributed by atoms with Crippen molar-refractivity contribution in [2.45, 2.75) is 25.2 Å². The van der Waals surface area contributed by atoms with Gasteiger partial charge >= 0.3 is 0 Å². The van der Waals surface area contributed by atoms with E-state index in [2.05, 4.69) is 135 Å². The second-order valence-corrected chi connectivity index (χ2v) is 16.3. The van der Waals surface area contributed by atoms with Crippen LogP contribution in [0.25, 0.3) is 78.2 Å². The Morgan fingerprint density at radius 3 is 2.32 bits per heavy atom. The predicted octanol–water partition coefficient (Wildman–Crippen LogP) is 8.53. The van der Waals surface area contributed by atoms with E-state index >= 15 is 0 Å². The van der Waals surface area contributed by atoms with Gasteiger partial charge < -0.3 is 4.57 Å². The second-order valence-electron chi connectivity index (χ2n) is 16.3. The molecule has 0 N–H and O–H groups in total. The fraction of sp³-hybridized carbons (Fsp3) is 0.0784. The Morgan fingerprint density at radius 2 is 1.45 bits per heavy atom. The number of aliphatic imine (C=N–C) groups is 1. The largest absolute Gasteiger partial charge is 0.314 e. The van der Waals surface area contributed by atoms with E-state index in [1.165, 1.54) is 55.4 Å². The number of aromatic nitrogens is 7. The van der Waals surface area contributed by atoms with Gasteiger partial charge in [0.05, 0.1) is 27.8 Å². The van der Waals surface area contributed by atoms with Crippen LogP contribution in [0.4, 0.5) is 0 Å². The minimum Gasteiger partial charge on any atom is -0.314 e. The van der Waals surface area contributed by atoms with Gasteiger partial charge in [0, 0.05) is 81.7 Å². The average molecular weight is 769 g/mol. The van der Waals surface area contributed by atoms with Crippen molar-refractivity contribution in [3.8, 4) is 28.3 Å². The highest BCUT2D eigenvalue weighted by Crippen LogP contribution is 2.49. The fourth-order valence-electron chi connectivity index (χ4n) is 11.1. The van der Waals surface area contributed by atoms with E-state index in [4.69, 9.17) is 24.9 Å². The molecule has 1 atom stereocenters. The van der Waals surface area contributed by atoms with E-state index in [1.807, 2.05) is 24.7 Å². The van der Waals surface area contributed by atoms with Gasteiger partial charge in [0.15, 0.2) is 5.65 Å². The number of rotatable bonds is 3. The van der Waals surface area contributed by atoms with Crippen molar-refractivity contribution >= 4 is 79.1 Å². The highest BCUT2D eigenvalue weighted by molar-refractivity contribution is 7.00. The number of para-hydroxylation sites is 2. The molecule has 8 nitrogen and oxygen atoms in total. The summed E-state index contributed by atoms with van der Waals surface area (Å²) in [6, 6.07) is 41.7. The SMILES string of the molecule is C1=CCCC2=C(N=C1)c1c(n3c4c(cccc14)B1c4c-3cc(-c3ccccn3)cc4-n3c4c1ccnc4c1c4nccnc4n(-c4ccccc4)c13)CC2c1ccccc1. The van der Waals surface area contributed by atoms with Crippen LogP contribution >= 0.6 is 0 Å². The summed E-state index contributed by atoms with van der Waals surface area (Å²) in [5.74, 6) is 0.200. The lowest BCUT2D eigenvalue weighted by Crippen LogP contribution is -2.59. The fourth-order valence-corrected chi connectivity index (χ4v) is 11.1. The molecule has 6 aromatic heterocycles. The Labute approximate surface area is 344 Å². The lowest BCUT2D eigenvalue weighted by Gasteiger charge is -2.35. The summed E-state index contributed by atoms with van der Waals surface area (Å²) in [5.41, 5.74) is 21.5. The van der Waals surface area contributed by atoms with Gasteiger partial charge in [-0.1, -0.05) is 78.9 Å². The first kappa shape index (κ1) is 32.3. The molecular formula is C51H33BN8. The molecule has 0 spiro atoms. The Kier molecular flexibility index (Phi) is 6.44. The number of allylic oxidation sites excluding steroid dienone is 3. The molecule has 60 heavy (non-hydrogen) atoms. The van der Waals surface area contributed by atoms with E-state index in [9.17, 15) is 0 Å². The quantitative estimate of drug-likeness (QED) is 0.169. The first-order valence-corrected chi connectivity index (χ1v) is 20.8. The van der Waals surface area contributed by atoms with Crippen molar-refractivity contribution in [2.75, 3.05) is 0 Å². The molecule has 9 heterocycles. The molecule has 1 aliphatic carbocycles. The van der Waals surface area contributed by atoms with Gasteiger partial charge in [-0.15, -0.1) is 0 Å². The molecule has 0 amide bonds. The molecule has 4 aromatic carbocycles. The van der Waals surface area contributed by atoms with Crippen LogP contribution in [0.15, 0.2) is 163 Å². The molecule has 0 saturated heterocycles. The third-order valence-corrected chi connectivity index (χ3v) is 13.4. The maximum atomic E-state index is 5.33. The monoisotopic (exact) mass is 768 g/mol. The molecule has 280 valence electrons. The van der Waals surface area contributed by atoms with E-state index in [1.54, 1.807) is 12.4 Å². The smallest absolute Gasteiger partial charge is 0.252 e. The third-order valence-electron chi connectivity index (χ3n) is 13.4. The average Bonchev–Trinajstić information content (AvgIpc) is 3.94. The van der Waals surface area contributed by atoms with Crippen molar-refractivity contribution in [3.63, 3.8) is 0 Å². The number of hydrogen-bond acceptors (Lipinski definition) is 5. The number of benzene rings is 4. The molecular weight excluding hydrogens is 735 g/mol. The summed E-state index contributed by atoms with van der Waals surface area (Å²) >= 11 is 0. The Morgan fingerprint density at radius 1 is 0.650 bits per heavy atom. The summed E-state index contributed by atoms with van der Waals surface area (Å²) < 4.78 is 7.35. The number of nitrogens with zero attached hydrogens (tertiary/aromatic N) is 8. The van der Waals surface area contributed by atoms with E-state index in [-0.39, 0.29) is 12.6 Å². The molecule has 9 heteroatoms. The number of fused-ring (bicyclic) bond motifs is 13. The maximum Gasteiger partial charge on any atom is 0.252 e. The zero-order valence-electron chi connectivity index (χ0n) is 32.4. The van der Waals surface area contributed by atoms with Gasteiger partial charge in [0.2, 0.25) is 0 Å². The van der Waals surface area contributed by atoms with E-state index in [0.717, 1.165) is 80.8 Å². The van der Waals surface area contributed by atoms with Crippen molar-refractivity contribution in [3.05, 3.63) is 175 Å². The van der Waals surface area contributed by atoms with Gasteiger partial charge in [-0.3, -0.25) is 29.1 Å². The van der Waals surface area contributed by atoms with Gasteiger partial charge in [0.25, 0.3) is 6.71 Å². The van der Waals surface area contributed by atoms with Crippen LogP contribution in [0.5, 0.6) is 0 Å². The summed E-state index contributed by atoms with van der Waals surface area (Å²) in [4.78, 5) is 25.4. The first-order chi connectivity index (χ1) is 29.8. The van der Waals surface area contributed by atoms with Crippen LogP contribution in [-0.2, 0) is 6.42 Å². The second kappa shape index (κ2) is 12.0. The molecule has 0 fully saturated rings. The molecule has 3 aliphatic heterocycles. The Hall–Kier alpha value is -7.65. The van der Waals surface area contributed by atoms with Crippen LogP contribution in [0.1, 0.15) is 35.6 Å². The Balaban J connectivity index is 1.17. The summed E-state index contributed by atoms with van der Waals surface area (Å²) in [5, 5.41) is 2.26. The zero-order chi connectivity index (χ0) is 39.1. The topological polar surface area (TPSA) is 78.7 Å². The van der Waals surface area contributed by atoms with E-state index < -0.39 is 0 Å². The number of hydrogen-bond donors (Lipinski definition) is 0. The minimum atomic E-state index is -0.0398. The molecule has 1 unspecified atom stereocenters. The van der Waals surface area contributed by atoms with Crippen molar-refractivity contribution in [1.29, 1.82) is 0 Å². The van der Waals surface area contributed by atoms with Crippen LogP contribution in [0.3, 0.4) is 0 Å². The van der Waals surface area contributed by atoms with Crippen LogP contribution in [0, 0.1) is 0 Å². The normalized spacial score (nSPS) is 16.1. The van der Waals surface area contributed by atoms with Crippen LogP contribution in [0.2, 0.25) is 0 Å². The molecule has 0 saturated carbocycles. The molecule has 0 bridgehead atoms. The molecule has 4 aliphatic rings. The number of pyridine rings is 2. The lowest BCUT2D eigenvalue weighted by molar-refractivity contribution is 0.700. The van der Waals surface area contributed by atoms with Crippen molar-refractivity contribution in [1.82, 2.24) is 33.6 Å². The highest BCUT2D eigenvalue weighted by atomic mass is 15.2. The van der Waals surface area contributed by atoms with Gasteiger partial charge in [-0.2, -0.15) is 0 Å². The predicted molar refractivity (Wildman–Crippen MR) is 242 cm³/mol. The summed E-state index contributed by atoms with van der Waals surface area (Å²) in [7, 11) is 0.